The molecular formula is C10H7F3N2O2. The Morgan fingerprint density at radius 3 is 2.53 bits per heavy atom. The SMILES string of the molecule is COC(=O)C(=[N+]=[N-])c1cccc(C(F)(F)F)c1. The molecule has 0 amide bonds. The predicted molar refractivity (Wildman–Crippen MR) is 51.2 cm³/mol. The topological polar surface area (TPSA) is 62.7 Å². The van der Waals surface area contributed by atoms with Crippen molar-refractivity contribution in [2.75, 3.05) is 7.11 Å². The van der Waals surface area contributed by atoms with Crippen LogP contribution in [0.5, 0.6) is 0 Å². The van der Waals surface area contributed by atoms with Crippen molar-refractivity contribution in [3.05, 3.63) is 40.9 Å². The van der Waals surface area contributed by atoms with E-state index in [0.29, 0.717) is 6.07 Å². The Hall–Kier alpha value is -2.14. The molecule has 90 valence electrons. The van der Waals surface area contributed by atoms with Crippen LogP contribution in [0.15, 0.2) is 24.3 Å². The molecule has 7 heteroatoms. The summed E-state index contributed by atoms with van der Waals surface area (Å²) in [5, 5.41) is 0. The zero-order valence-corrected chi connectivity index (χ0v) is 8.65. The summed E-state index contributed by atoms with van der Waals surface area (Å²) < 4.78 is 41.5. The summed E-state index contributed by atoms with van der Waals surface area (Å²) in [5.41, 5.74) is 6.88. The Morgan fingerprint density at radius 2 is 2.06 bits per heavy atom. The Bertz CT molecular complexity index is 491. The maximum atomic E-state index is 12.4. The van der Waals surface area contributed by atoms with Gasteiger partial charge in [-0.3, -0.25) is 0 Å². The summed E-state index contributed by atoms with van der Waals surface area (Å²) in [5.74, 6) is -1.02. The van der Waals surface area contributed by atoms with Crippen molar-refractivity contribution in [2.24, 2.45) is 0 Å². The fourth-order valence-electron chi connectivity index (χ4n) is 1.16. The van der Waals surface area contributed by atoms with Gasteiger partial charge in [-0.2, -0.15) is 18.0 Å². The highest BCUT2D eigenvalue weighted by atomic mass is 19.4. The van der Waals surface area contributed by atoms with Crippen LogP contribution in [0.2, 0.25) is 0 Å². The molecule has 0 radical (unpaired) electrons. The van der Waals surface area contributed by atoms with Crippen LogP contribution in [0, 0.1) is 0 Å². The van der Waals surface area contributed by atoms with E-state index in [2.05, 4.69) is 9.53 Å². The molecule has 0 aliphatic carbocycles. The van der Waals surface area contributed by atoms with Crippen LogP contribution in [-0.2, 0) is 15.7 Å². The van der Waals surface area contributed by atoms with Gasteiger partial charge in [-0.1, -0.05) is 6.07 Å². The number of carbonyl (C=O) groups excluding carboxylic acids is 1. The molecule has 0 aliphatic rings. The molecule has 0 saturated heterocycles. The highest BCUT2D eigenvalue weighted by molar-refractivity contribution is 6.40. The van der Waals surface area contributed by atoms with Crippen LogP contribution < -0.4 is 0 Å². The molecule has 0 fully saturated rings. The number of carbonyl (C=O) groups is 1. The lowest BCUT2D eigenvalue weighted by molar-refractivity contribution is -0.138. The first-order chi connectivity index (χ1) is 7.90. The minimum atomic E-state index is -4.54. The molecule has 0 aromatic heterocycles. The Labute approximate surface area is 94.2 Å². The number of nitrogens with zero attached hydrogens (tertiary/aromatic N) is 2. The van der Waals surface area contributed by atoms with Gasteiger partial charge in [0.25, 0.3) is 0 Å². The van der Waals surface area contributed by atoms with E-state index >= 15 is 0 Å². The van der Waals surface area contributed by atoms with E-state index in [4.69, 9.17) is 5.53 Å². The minimum Gasteiger partial charge on any atom is -0.460 e. The summed E-state index contributed by atoms with van der Waals surface area (Å²) in [7, 11) is 1.03. The van der Waals surface area contributed by atoms with Crippen molar-refractivity contribution in [3.8, 4) is 0 Å². The van der Waals surface area contributed by atoms with Crippen molar-refractivity contribution in [1.82, 2.24) is 0 Å². The Morgan fingerprint density at radius 1 is 1.41 bits per heavy atom. The van der Waals surface area contributed by atoms with Crippen molar-refractivity contribution < 1.29 is 27.5 Å². The first kappa shape index (κ1) is 12.9. The second-order valence-corrected chi connectivity index (χ2v) is 3.02. The molecule has 1 aromatic rings. The number of rotatable bonds is 2. The lowest BCUT2D eigenvalue weighted by atomic mass is 10.1. The number of methoxy groups -OCH3 is 1. The molecule has 17 heavy (non-hydrogen) atoms. The molecule has 0 spiro atoms. The molecule has 0 heterocycles. The van der Waals surface area contributed by atoms with Gasteiger partial charge in [0, 0.05) is 0 Å². The highest BCUT2D eigenvalue weighted by Crippen LogP contribution is 2.29. The zero-order valence-electron chi connectivity index (χ0n) is 8.65. The summed E-state index contributed by atoms with van der Waals surface area (Å²) in [6.07, 6.45) is -4.54. The van der Waals surface area contributed by atoms with Gasteiger partial charge in [0.15, 0.2) is 0 Å². The summed E-state index contributed by atoms with van der Waals surface area (Å²) in [6, 6.07) is 3.86. The van der Waals surface area contributed by atoms with Gasteiger partial charge in [-0.15, -0.1) is 0 Å². The van der Waals surface area contributed by atoms with Crippen LogP contribution in [0.3, 0.4) is 0 Å². The van der Waals surface area contributed by atoms with Crippen LogP contribution in [0.1, 0.15) is 11.1 Å². The number of ether oxygens (including phenoxy) is 1. The second kappa shape index (κ2) is 4.80. The molecule has 0 N–H and O–H groups in total. The van der Waals surface area contributed by atoms with E-state index in [9.17, 15) is 18.0 Å². The molecular weight excluding hydrogens is 237 g/mol. The van der Waals surface area contributed by atoms with Gasteiger partial charge in [0.2, 0.25) is 0 Å². The number of halogens is 3. The largest absolute Gasteiger partial charge is 0.460 e. The van der Waals surface area contributed by atoms with Crippen LogP contribution in [0.4, 0.5) is 13.2 Å². The first-order valence-electron chi connectivity index (χ1n) is 4.38. The molecule has 4 nitrogen and oxygen atoms in total. The van der Waals surface area contributed by atoms with Gasteiger partial charge in [-0.05, 0) is 18.2 Å². The van der Waals surface area contributed by atoms with E-state index in [1.54, 1.807) is 0 Å². The average molecular weight is 244 g/mol. The van der Waals surface area contributed by atoms with Gasteiger partial charge in [-0.25, -0.2) is 4.79 Å². The van der Waals surface area contributed by atoms with Crippen molar-refractivity contribution in [3.63, 3.8) is 0 Å². The van der Waals surface area contributed by atoms with E-state index < -0.39 is 23.4 Å². The van der Waals surface area contributed by atoms with Crippen molar-refractivity contribution in [2.45, 2.75) is 6.18 Å². The Balaban J connectivity index is 3.25. The van der Waals surface area contributed by atoms with Crippen molar-refractivity contribution in [1.29, 1.82) is 0 Å². The second-order valence-electron chi connectivity index (χ2n) is 3.02. The van der Waals surface area contributed by atoms with Crippen LogP contribution in [-0.4, -0.2) is 23.6 Å². The van der Waals surface area contributed by atoms with Crippen LogP contribution in [0.25, 0.3) is 5.53 Å². The quantitative estimate of drug-likeness (QED) is 0.345. The molecule has 0 aliphatic heterocycles. The molecule has 0 atom stereocenters. The monoisotopic (exact) mass is 244 g/mol. The van der Waals surface area contributed by atoms with E-state index in [1.807, 2.05) is 0 Å². The van der Waals surface area contributed by atoms with Gasteiger partial charge in [0.05, 0.1) is 18.2 Å². The third-order valence-electron chi connectivity index (χ3n) is 1.94. The first-order valence-corrected chi connectivity index (χ1v) is 4.38. The predicted octanol–water partition coefficient (Wildman–Crippen LogP) is 1.90. The number of esters is 1. The summed E-state index contributed by atoms with van der Waals surface area (Å²) >= 11 is 0. The number of benzene rings is 1. The Kier molecular flexibility index (Phi) is 3.65. The number of hydrogen-bond donors (Lipinski definition) is 0. The molecule has 1 rings (SSSR count). The third-order valence-corrected chi connectivity index (χ3v) is 1.94. The minimum absolute atomic E-state index is 0.172. The lowest BCUT2D eigenvalue weighted by Gasteiger charge is -2.06. The average Bonchev–Trinajstić information content (AvgIpc) is 2.29. The van der Waals surface area contributed by atoms with E-state index in [0.717, 1.165) is 19.2 Å². The smallest absolute Gasteiger partial charge is 0.422 e. The molecule has 0 saturated carbocycles. The van der Waals surface area contributed by atoms with Crippen molar-refractivity contribution >= 4 is 11.7 Å². The number of hydrogen-bond acceptors (Lipinski definition) is 2. The van der Waals surface area contributed by atoms with E-state index in [-0.39, 0.29) is 5.56 Å². The zero-order chi connectivity index (χ0) is 13.1. The highest BCUT2D eigenvalue weighted by Gasteiger charge is 2.32. The van der Waals surface area contributed by atoms with Gasteiger partial charge < -0.3 is 10.3 Å². The summed E-state index contributed by atoms with van der Waals surface area (Å²) in [4.78, 5) is 13.7. The molecule has 0 bridgehead atoms. The lowest BCUT2D eigenvalue weighted by Crippen LogP contribution is -2.19. The van der Waals surface area contributed by atoms with Gasteiger partial charge >= 0.3 is 17.9 Å². The maximum Gasteiger partial charge on any atom is 0.422 e. The fourth-order valence-corrected chi connectivity index (χ4v) is 1.16. The number of alkyl halides is 3. The molecule has 0 unspecified atom stereocenters. The summed E-state index contributed by atoms with van der Waals surface area (Å²) in [6.45, 7) is 0. The normalized spacial score (nSPS) is 10.6. The van der Waals surface area contributed by atoms with E-state index in [1.165, 1.54) is 6.07 Å². The standard InChI is InChI=1S/C10H7F3N2O2/c1-17-9(16)8(15-14)6-3-2-4-7(5-6)10(11,12)13/h2-5H,1H3. The van der Waals surface area contributed by atoms with Crippen LogP contribution >= 0.6 is 0 Å². The fraction of sp³-hybridized carbons (Fsp3) is 0.200. The third kappa shape index (κ3) is 2.92. The van der Waals surface area contributed by atoms with Gasteiger partial charge in [0.1, 0.15) is 0 Å². The molecule has 1 aromatic carbocycles. The maximum absolute atomic E-state index is 12.4.